The van der Waals surface area contributed by atoms with Gasteiger partial charge in [-0.25, -0.2) is 8.42 Å². The van der Waals surface area contributed by atoms with E-state index in [1.165, 1.54) is 0 Å². The summed E-state index contributed by atoms with van der Waals surface area (Å²) in [6, 6.07) is 18.8. The van der Waals surface area contributed by atoms with Crippen LogP contribution in [0.4, 0.5) is 0 Å². The first kappa shape index (κ1) is 19.2. The summed E-state index contributed by atoms with van der Waals surface area (Å²) in [7, 11) is -1.55. The SMILES string of the molecule is CN1[C@@H]2C[C@@](Cc3ccccc3)(S(=O)(=O)c3ccccc3)[C@H]1CCC21OCCO1. The summed E-state index contributed by atoms with van der Waals surface area (Å²) in [6.07, 6.45) is 2.49. The zero-order valence-electron chi connectivity index (χ0n) is 16.7. The van der Waals surface area contributed by atoms with E-state index in [1.54, 1.807) is 24.3 Å². The second kappa shape index (κ2) is 6.91. The Morgan fingerprint density at radius 2 is 1.59 bits per heavy atom. The highest BCUT2D eigenvalue weighted by Crippen LogP contribution is 2.54. The lowest BCUT2D eigenvalue weighted by Gasteiger charge is -2.44. The highest BCUT2D eigenvalue weighted by molar-refractivity contribution is 7.93. The third-order valence-corrected chi connectivity index (χ3v) is 9.66. The molecule has 5 nitrogen and oxygen atoms in total. The van der Waals surface area contributed by atoms with Gasteiger partial charge < -0.3 is 9.47 Å². The van der Waals surface area contributed by atoms with Crippen molar-refractivity contribution in [1.82, 2.24) is 4.90 Å². The van der Waals surface area contributed by atoms with Gasteiger partial charge in [-0.05, 0) is 44.0 Å². The number of likely N-dealkylation sites (N-methyl/N-ethyl adjacent to an activating group) is 1. The first-order valence-corrected chi connectivity index (χ1v) is 11.8. The topological polar surface area (TPSA) is 55.8 Å². The van der Waals surface area contributed by atoms with Crippen molar-refractivity contribution in [2.24, 2.45) is 0 Å². The summed E-state index contributed by atoms with van der Waals surface area (Å²) in [5, 5.41) is 0. The Bertz CT molecular complexity index is 972. The predicted molar refractivity (Wildman–Crippen MR) is 110 cm³/mol. The molecule has 0 N–H and O–H groups in total. The fraction of sp³-hybridized carbons (Fsp3) is 0.478. The van der Waals surface area contributed by atoms with Gasteiger partial charge in [-0.2, -0.15) is 0 Å². The van der Waals surface area contributed by atoms with Crippen molar-refractivity contribution in [2.75, 3.05) is 20.3 Å². The maximum Gasteiger partial charge on any atom is 0.186 e. The molecule has 2 bridgehead atoms. The van der Waals surface area contributed by atoms with E-state index < -0.39 is 20.4 Å². The molecule has 0 aliphatic carbocycles. The van der Waals surface area contributed by atoms with Crippen molar-refractivity contribution in [2.45, 2.75) is 53.2 Å². The standard InChI is InChI=1S/C23H27NO4S/c1-24-20-12-13-23(27-14-15-28-23)21(24)17-22(20,16-18-8-4-2-5-9-18)29(25,26)19-10-6-3-7-11-19/h2-11,20-21H,12-17H2,1H3/t20-,21-,22-/m1/s1. The molecule has 6 heteroatoms. The molecule has 0 aromatic heterocycles. The Balaban J connectivity index is 1.64. The number of nitrogens with zero attached hydrogens (tertiary/aromatic N) is 1. The van der Waals surface area contributed by atoms with Crippen molar-refractivity contribution in [3.05, 3.63) is 66.2 Å². The fourth-order valence-corrected chi connectivity index (χ4v) is 8.15. The van der Waals surface area contributed by atoms with E-state index >= 15 is 0 Å². The Labute approximate surface area is 172 Å². The summed E-state index contributed by atoms with van der Waals surface area (Å²) < 4.78 is 39.5. The van der Waals surface area contributed by atoms with Crippen LogP contribution in [0.3, 0.4) is 0 Å². The van der Waals surface area contributed by atoms with Gasteiger partial charge in [0.05, 0.1) is 28.9 Å². The number of benzene rings is 2. The van der Waals surface area contributed by atoms with Crippen molar-refractivity contribution in [1.29, 1.82) is 0 Å². The smallest absolute Gasteiger partial charge is 0.186 e. The lowest BCUT2D eigenvalue weighted by Crippen LogP contribution is -2.57. The molecule has 2 aromatic rings. The molecule has 3 saturated heterocycles. The van der Waals surface area contributed by atoms with Crippen LogP contribution >= 0.6 is 0 Å². The molecule has 2 aromatic carbocycles. The van der Waals surface area contributed by atoms with Gasteiger partial charge in [0.1, 0.15) is 0 Å². The summed E-state index contributed by atoms with van der Waals surface area (Å²) in [6.45, 7) is 1.15. The van der Waals surface area contributed by atoms with Gasteiger partial charge in [-0.15, -0.1) is 0 Å². The molecule has 154 valence electrons. The first-order valence-electron chi connectivity index (χ1n) is 10.3. The summed E-state index contributed by atoms with van der Waals surface area (Å²) in [5.41, 5.74) is 1.05. The Kier molecular flexibility index (Phi) is 4.59. The zero-order chi connectivity index (χ0) is 20.1. The molecule has 3 atom stereocenters. The highest BCUT2D eigenvalue weighted by atomic mass is 32.2. The minimum atomic E-state index is -3.58. The molecular weight excluding hydrogens is 386 g/mol. The fourth-order valence-electron chi connectivity index (χ4n) is 5.79. The maximum atomic E-state index is 14.1. The summed E-state index contributed by atoms with van der Waals surface area (Å²) in [5.74, 6) is -0.671. The van der Waals surface area contributed by atoms with Gasteiger partial charge in [-0.3, -0.25) is 4.90 Å². The van der Waals surface area contributed by atoms with Crippen molar-refractivity contribution in [3.63, 3.8) is 0 Å². The molecule has 0 radical (unpaired) electrons. The predicted octanol–water partition coefficient (Wildman–Crippen LogP) is 3.05. The number of ether oxygens (including phenoxy) is 2. The molecule has 0 unspecified atom stereocenters. The van der Waals surface area contributed by atoms with Gasteiger partial charge in [0.25, 0.3) is 0 Å². The Hall–Kier alpha value is -1.73. The number of rotatable bonds is 4. The minimum Gasteiger partial charge on any atom is -0.346 e. The lowest BCUT2D eigenvalue weighted by molar-refractivity contribution is -0.215. The van der Waals surface area contributed by atoms with Crippen LogP contribution in [0.25, 0.3) is 0 Å². The zero-order valence-corrected chi connectivity index (χ0v) is 17.5. The van der Waals surface area contributed by atoms with Gasteiger partial charge in [-0.1, -0.05) is 48.5 Å². The normalized spacial score (nSPS) is 31.3. The van der Waals surface area contributed by atoms with Crippen LogP contribution in [0, 0.1) is 0 Å². The number of hydrogen-bond donors (Lipinski definition) is 0. The van der Waals surface area contributed by atoms with Gasteiger partial charge in [0.15, 0.2) is 15.6 Å². The van der Waals surface area contributed by atoms with Crippen LogP contribution in [-0.2, 0) is 25.7 Å². The van der Waals surface area contributed by atoms with E-state index in [-0.39, 0.29) is 12.1 Å². The largest absolute Gasteiger partial charge is 0.346 e. The van der Waals surface area contributed by atoms with Gasteiger partial charge >= 0.3 is 0 Å². The number of hydrogen-bond acceptors (Lipinski definition) is 5. The molecule has 3 aliphatic rings. The van der Waals surface area contributed by atoms with Crippen LogP contribution in [0.5, 0.6) is 0 Å². The highest BCUT2D eigenvalue weighted by Gasteiger charge is 2.67. The van der Waals surface area contributed by atoms with Gasteiger partial charge in [0.2, 0.25) is 0 Å². The van der Waals surface area contributed by atoms with Crippen LogP contribution in [-0.4, -0.2) is 56.2 Å². The van der Waals surface area contributed by atoms with Crippen LogP contribution in [0.15, 0.2) is 65.6 Å². The second-order valence-electron chi connectivity index (χ2n) is 8.49. The number of sulfone groups is 1. The second-order valence-corrected chi connectivity index (χ2v) is 10.8. The molecule has 3 heterocycles. The van der Waals surface area contributed by atoms with Crippen molar-refractivity contribution < 1.29 is 17.9 Å². The molecule has 0 amide bonds. The summed E-state index contributed by atoms with van der Waals surface area (Å²) in [4.78, 5) is 2.62. The van der Waals surface area contributed by atoms with Gasteiger partial charge in [0, 0.05) is 12.5 Å². The van der Waals surface area contributed by atoms with E-state index in [1.807, 2.05) is 43.4 Å². The third-order valence-electron chi connectivity index (χ3n) is 7.11. The Morgan fingerprint density at radius 3 is 2.24 bits per heavy atom. The van der Waals surface area contributed by atoms with E-state index in [0.29, 0.717) is 31.0 Å². The monoisotopic (exact) mass is 413 g/mol. The van der Waals surface area contributed by atoms with Crippen LogP contribution in [0.2, 0.25) is 0 Å². The summed E-state index contributed by atoms with van der Waals surface area (Å²) >= 11 is 0. The molecule has 0 saturated carbocycles. The Morgan fingerprint density at radius 1 is 0.966 bits per heavy atom. The van der Waals surface area contributed by atoms with Crippen molar-refractivity contribution >= 4 is 9.84 Å². The van der Waals surface area contributed by atoms with Crippen LogP contribution < -0.4 is 0 Å². The first-order chi connectivity index (χ1) is 14.0. The number of piperidine rings is 1. The molecule has 5 rings (SSSR count). The minimum absolute atomic E-state index is 0.0639. The van der Waals surface area contributed by atoms with E-state index in [0.717, 1.165) is 18.4 Å². The molecule has 3 fully saturated rings. The van der Waals surface area contributed by atoms with Crippen LogP contribution in [0.1, 0.15) is 24.8 Å². The van der Waals surface area contributed by atoms with E-state index in [9.17, 15) is 8.42 Å². The third kappa shape index (κ3) is 2.81. The number of fused-ring (bicyclic) bond motifs is 3. The quantitative estimate of drug-likeness (QED) is 0.771. The molecule has 29 heavy (non-hydrogen) atoms. The van der Waals surface area contributed by atoms with Crippen molar-refractivity contribution in [3.8, 4) is 0 Å². The lowest BCUT2D eigenvalue weighted by atomic mass is 9.90. The molecular formula is C23H27NO4S. The molecule has 1 spiro atoms. The average Bonchev–Trinajstić information content (AvgIpc) is 3.27. The molecule has 3 aliphatic heterocycles. The van der Waals surface area contributed by atoms with E-state index in [4.69, 9.17) is 9.47 Å². The maximum absolute atomic E-state index is 14.1. The van der Waals surface area contributed by atoms with E-state index in [2.05, 4.69) is 4.90 Å². The average molecular weight is 414 g/mol.